The van der Waals surface area contributed by atoms with Crippen LogP contribution < -0.4 is 10.2 Å². The number of para-hydroxylation sites is 1. The number of thiophene rings is 1. The molecule has 0 saturated heterocycles. The molecule has 0 aliphatic carbocycles. The molecule has 0 saturated carbocycles. The minimum atomic E-state index is -0.904. The maximum atomic E-state index is 12.3. The van der Waals surface area contributed by atoms with Crippen molar-refractivity contribution in [2.75, 3.05) is 18.1 Å². The summed E-state index contributed by atoms with van der Waals surface area (Å²) in [7, 11) is 0. The predicted molar refractivity (Wildman–Crippen MR) is 96.6 cm³/mol. The molecule has 1 aromatic carbocycles. The van der Waals surface area contributed by atoms with Crippen molar-refractivity contribution in [2.24, 2.45) is 0 Å². The Kier molecular flexibility index (Phi) is 6.88. The van der Waals surface area contributed by atoms with Gasteiger partial charge in [-0.25, -0.2) is 4.79 Å². The van der Waals surface area contributed by atoms with E-state index in [1.54, 1.807) is 47.8 Å². The highest BCUT2D eigenvalue weighted by Gasteiger charge is 2.22. The molecule has 2 rings (SSSR count). The van der Waals surface area contributed by atoms with Gasteiger partial charge in [-0.2, -0.15) is 5.26 Å². The summed E-state index contributed by atoms with van der Waals surface area (Å²) in [5.41, 5.74) is 0.536. The van der Waals surface area contributed by atoms with Gasteiger partial charge in [-0.05, 0) is 30.5 Å². The summed E-state index contributed by atoms with van der Waals surface area (Å²) >= 11 is 1.25. The topological polar surface area (TPSA) is 99.5 Å². The van der Waals surface area contributed by atoms with Gasteiger partial charge in [0.2, 0.25) is 0 Å². The lowest BCUT2D eigenvalue weighted by atomic mass is 10.3. The molecule has 8 heteroatoms. The molecule has 0 radical (unpaired) electrons. The van der Waals surface area contributed by atoms with E-state index in [4.69, 9.17) is 10.00 Å². The van der Waals surface area contributed by atoms with E-state index in [1.165, 1.54) is 23.2 Å². The zero-order valence-corrected chi connectivity index (χ0v) is 14.9. The SMILES string of the molecule is CC(NC(=O)c1cccs1)C(=O)OCC(=O)N(CC#N)c1ccccc1. The smallest absolute Gasteiger partial charge is 0.328 e. The molecule has 1 aromatic heterocycles. The second-order valence-corrected chi connectivity index (χ2v) is 6.20. The van der Waals surface area contributed by atoms with Crippen molar-refractivity contribution in [2.45, 2.75) is 13.0 Å². The maximum absolute atomic E-state index is 12.3. The average Bonchev–Trinajstić information content (AvgIpc) is 3.19. The van der Waals surface area contributed by atoms with Gasteiger partial charge in [0.15, 0.2) is 6.61 Å². The fourth-order valence-electron chi connectivity index (χ4n) is 2.07. The predicted octanol–water partition coefficient (Wildman–Crippen LogP) is 1.97. The van der Waals surface area contributed by atoms with Gasteiger partial charge in [-0.15, -0.1) is 11.3 Å². The minimum Gasteiger partial charge on any atom is -0.454 e. The molecule has 0 aliphatic heterocycles. The van der Waals surface area contributed by atoms with E-state index >= 15 is 0 Å². The molecule has 1 heterocycles. The fourth-order valence-corrected chi connectivity index (χ4v) is 2.70. The molecule has 7 nitrogen and oxygen atoms in total. The van der Waals surface area contributed by atoms with Crippen LogP contribution in [0, 0.1) is 11.3 Å². The van der Waals surface area contributed by atoms with Crippen molar-refractivity contribution >= 4 is 34.8 Å². The van der Waals surface area contributed by atoms with Crippen molar-refractivity contribution < 1.29 is 19.1 Å². The van der Waals surface area contributed by atoms with E-state index in [0.29, 0.717) is 10.6 Å². The van der Waals surface area contributed by atoms with E-state index in [-0.39, 0.29) is 12.5 Å². The van der Waals surface area contributed by atoms with E-state index < -0.39 is 24.5 Å². The Morgan fingerprint density at radius 1 is 1.23 bits per heavy atom. The number of amides is 2. The van der Waals surface area contributed by atoms with Gasteiger partial charge >= 0.3 is 5.97 Å². The Morgan fingerprint density at radius 3 is 2.58 bits per heavy atom. The summed E-state index contributed by atoms with van der Waals surface area (Å²) in [6, 6.07) is 13.0. The third-order valence-electron chi connectivity index (χ3n) is 3.38. The number of nitrogens with zero attached hydrogens (tertiary/aromatic N) is 2. The molecule has 1 atom stereocenters. The van der Waals surface area contributed by atoms with Gasteiger partial charge in [0.1, 0.15) is 12.6 Å². The van der Waals surface area contributed by atoms with Gasteiger partial charge in [-0.3, -0.25) is 14.5 Å². The quantitative estimate of drug-likeness (QED) is 0.592. The summed E-state index contributed by atoms with van der Waals surface area (Å²) in [4.78, 5) is 37.9. The normalized spacial score (nSPS) is 11.1. The molecule has 1 N–H and O–H groups in total. The van der Waals surface area contributed by atoms with Crippen LogP contribution in [0.15, 0.2) is 47.8 Å². The summed E-state index contributed by atoms with van der Waals surface area (Å²) in [5, 5.41) is 13.2. The van der Waals surface area contributed by atoms with Crippen molar-refractivity contribution in [3.63, 3.8) is 0 Å². The molecule has 0 aliphatic rings. The van der Waals surface area contributed by atoms with Crippen molar-refractivity contribution in [3.8, 4) is 6.07 Å². The van der Waals surface area contributed by atoms with Gasteiger partial charge in [0.05, 0.1) is 10.9 Å². The molecule has 0 fully saturated rings. The number of ether oxygens (including phenoxy) is 1. The number of carbonyl (C=O) groups excluding carboxylic acids is 3. The number of anilines is 1. The van der Waals surface area contributed by atoms with Gasteiger partial charge in [-0.1, -0.05) is 24.3 Å². The van der Waals surface area contributed by atoms with E-state index in [1.807, 2.05) is 6.07 Å². The monoisotopic (exact) mass is 371 g/mol. The zero-order valence-electron chi connectivity index (χ0n) is 14.0. The van der Waals surface area contributed by atoms with Crippen LogP contribution in [-0.4, -0.2) is 37.0 Å². The first-order chi connectivity index (χ1) is 12.5. The molecule has 1 unspecified atom stereocenters. The van der Waals surface area contributed by atoms with E-state index in [0.717, 1.165) is 0 Å². The van der Waals surface area contributed by atoms with Gasteiger partial charge < -0.3 is 10.1 Å². The van der Waals surface area contributed by atoms with Crippen molar-refractivity contribution in [1.29, 1.82) is 5.26 Å². The van der Waals surface area contributed by atoms with Crippen LogP contribution in [0.5, 0.6) is 0 Å². The number of hydrogen-bond donors (Lipinski definition) is 1. The first kappa shape index (κ1) is 19.1. The number of nitrogens with one attached hydrogen (secondary N) is 1. The number of esters is 1. The van der Waals surface area contributed by atoms with Crippen molar-refractivity contribution in [3.05, 3.63) is 52.7 Å². The van der Waals surface area contributed by atoms with Crippen LogP contribution >= 0.6 is 11.3 Å². The molecule has 26 heavy (non-hydrogen) atoms. The highest BCUT2D eigenvalue weighted by atomic mass is 32.1. The molecule has 0 bridgehead atoms. The molecular formula is C18H17N3O4S. The highest BCUT2D eigenvalue weighted by Crippen LogP contribution is 2.13. The standard InChI is InChI=1S/C18H17N3O4S/c1-13(20-17(23)15-8-5-11-26-15)18(24)25-12-16(22)21(10-9-19)14-6-3-2-4-7-14/h2-8,11,13H,10,12H2,1H3,(H,20,23). The lowest BCUT2D eigenvalue weighted by Crippen LogP contribution is -2.41. The average molecular weight is 371 g/mol. The van der Waals surface area contributed by atoms with Crippen LogP contribution in [-0.2, 0) is 14.3 Å². The molecular weight excluding hydrogens is 354 g/mol. The number of rotatable bonds is 7. The third-order valence-corrected chi connectivity index (χ3v) is 4.25. The molecule has 134 valence electrons. The number of benzene rings is 1. The van der Waals surface area contributed by atoms with Gasteiger partial charge in [0, 0.05) is 5.69 Å². The van der Waals surface area contributed by atoms with Crippen LogP contribution in [0.25, 0.3) is 0 Å². The lowest BCUT2D eigenvalue weighted by molar-refractivity contribution is -0.149. The number of carbonyl (C=O) groups is 3. The van der Waals surface area contributed by atoms with Crippen molar-refractivity contribution in [1.82, 2.24) is 5.32 Å². The van der Waals surface area contributed by atoms with Gasteiger partial charge in [0.25, 0.3) is 11.8 Å². The first-order valence-corrected chi connectivity index (χ1v) is 8.64. The molecule has 2 aromatic rings. The Bertz CT molecular complexity index is 800. The van der Waals surface area contributed by atoms with Crippen LogP contribution in [0.1, 0.15) is 16.6 Å². The summed E-state index contributed by atoms with van der Waals surface area (Å²) < 4.78 is 4.98. The lowest BCUT2D eigenvalue weighted by Gasteiger charge is -2.20. The minimum absolute atomic E-state index is 0.162. The molecule has 0 spiro atoms. The van der Waals surface area contributed by atoms with Crippen LogP contribution in [0.4, 0.5) is 5.69 Å². The third kappa shape index (κ3) is 5.16. The maximum Gasteiger partial charge on any atom is 0.328 e. The van der Waals surface area contributed by atoms with Crippen LogP contribution in [0.3, 0.4) is 0 Å². The Hall–Kier alpha value is -3.18. The van der Waals surface area contributed by atoms with E-state index in [9.17, 15) is 14.4 Å². The number of nitriles is 1. The van der Waals surface area contributed by atoms with E-state index in [2.05, 4.69) is 5.32 Å². The molecule has 2 amide bonds. The largest absolute Gasteiger partial charge is 0.454 e. The fraction of sp³-hybridized carbons (Fsp3) is 0.222. The zero-order chi connectivity index (χ0) is 18.9. The summed E-state index contributed by atoms with van der Waals surface area (Å²) in [5.74, 6) is -1.64. The first-order valence-electron chi connectivity index (χ1n) is 7.76. The highest BCUT2D eigenvalue weighted by molar-refractivity contribution is 7.12. The second kappa shape index (κ2) is 9.34. The van der Waals surface area contributed by atoms with Crippen LogP contribution in [0.2, 0.25) is 0 Å². The second-order valence-electron chi connectivity index (χ2n) is 5.25. The summed E-state index contributed by atoms with van der Waals surface area (Å²) in [6.45, 7) is 0.794. The summed E-state index contributed by atoms with van der Waals surface area (Å²) in [6.07, 6.45) is 0. The Balaban J connectivity index is 1.89. The number of hydrogen-bond acceptors (Lipinski definition) is 6. The Morgan fingerprint density at radius 2 is 1.96 bits per heavy atom. The Labute approximate surface area is 154 Å².